The number of hydrogen-bond donors (Lipinski definition) is 2. The summed E-state index contributed by atoms with van der Waals surface area (Å²) in [7, 11) is 0. The monoisotopic (exact) mass is 319 g/mol. The van der Waals surface area contributed by atoms with Crippen molar-refractivity contribution in [2.24, 2.45) is 0 Å². The molecular formula is C14H11BrFN3. The molecule has 0 unspecified atom stereocenters. The van der Waals surface area contributed by atoms with E-state index in [0.717, 1.165) is 22.6 Å². The molecule has 19 heavy (non-hydrogen) atoms. The van der Waals surface area contributed by atoms with Crippen molar-refractivity contribution in [3.05, 3.63) is 58.1 Å². The SMILES string of the molecule is Nc1cccc(Cc2nc3cc(Br)c(F)cc3[nH]2)c1. The highest BCUT2D eigenvalue weighted by Gasteiger charge is 2.08. The summed E-state index contributed by atoms with van der Waals surface area (Å²) in [5.74, 6) is 0.491. The highest BCUT2D eigenvalue weighted by molar-refractivity contribution is 9.10. The molecule has 3 rings (SSSR count). The second-order valence-corrected chi connectivity index (χ2v) is 5.24. The average Bonchev–Trinajstić information content (AvgIpc) is 2.71. The molecule has 0 radical (unpaired) electrons. The standard InChI is InChI=1S/C14H11BrFN3/c15-10-6-12-13(7-11(10)16)19-14(18-12)5-8-2-1-3-9(17)4-8/h1-4,6-7H,5,17H2,(H,18,19). The van der Waals surface area contributed by atoms with Gasteiger partial charge in [-0.15, -0.1) is 0 Å². The van der Waals surface area contributed by atoms with E-state index in [1.54, 1.807) is 6.07 Å². The van der Waals surface area contributed by atoms with Crippen LogP contribution in [-0.2, 0) is 6.42 Å². The van der Waals surface area contributed by atoms with E-state index < -0.39 is 0 Å². The van der Waals surface area contributed by atoms with Gasteiger partial charge in [0.2, 0.25) is 0 Å². The first-order valence-corrected chi connectivity index (χ1v) is 6.59. The van der Waals surface area contributed by atoms with E-state index in [1.807, 2.05) is 24.3 Å². The van der Waals surface area contributed by atoms with E-state index in [0.29, 0.717) is 16.4 Å². The molecule has 96 valence electrons. The number of nitrogens with two attached hydrogens (primary N) is 1. The minimum atomic E-state index is -0.299. The Balaban J connectivity index is 1.97. The van der Waals surface area contributed by atoms with Gasteiger partial charge in [0.15, 0.2) is 0 Å². The van der Waals surface area contributed by atoms with Crippen molar-refractivity contribution in [3.8, 4) is 0 Å². The van der Waals surface area contributed by atoms with Crippen LogP contribution in [0.4, 0.5) is 10.1 Å². The third kappa shape index (κ3) is 2.46. The second-order valence-electron chi connectivity index (χ2n) is 4.39. The Morgan fingerprint density at radius 3 is 2.89 bits per heavy atom. The summed E-state index contributed by atoms with van der Waals surface area (Å²) in [5, 5.41) is 0. The zero-order valence-corrected chi connectivity index (χ0v) is 11.5. The summed E-state index contributed by atoms with van der Waals surface area (Å²) < 4.78 is 13.8. The number of benzene rings is 2. The van der Waals surface area contributed by atoms with E-state index in [1.165, 1.54) is 6.07 Å². The molecule has 0 bridgehead atoms. The van der Waals surface area contributed by atoms with Crippen LogP contribution < -0.4 is 5.73 Å². The molecule has 3 nitrogen and oxygen atoms in total. The number of halogens is 2. The van der Waals surface area contributed by atoms with Crippen molar-refractivity contribution in [2.45, 2.75) is 6.42 Å². The Bertz CT molecular complexity index is 713. The van der Waals surface area contributed by atoms with Crippen LogP contribution >= 0.6 is 15.9 Å². The number of aromatic amines is 1. The van der Waals surface area contributed by atoms with Crippen molar-refractivity contribution in [2.75, 3.05) is 5.73 Å². The highest BCUT2D eigenvalue weighted by Crippen LogP contribution is 2.22. The first kappa shape index (κ1) is 12.2. The minimum Gasteiger partial charge on any atom is -0.399 e. The number of rotatable bonds is 2. The third-order valence-electron chi connectivity index (χ3n) is 2.90. The van der Waals surface area contributed by atoms with E-state index >= 15 is 0 Å². The summed E-state index contributed by atoms with van der Waals surface area (Å²) in [5.41, 5.74) is 8.97. The van der Waals surface area contributed by atoms with Crippen LogP contribution in [0.2, 0.25) is 0 Å². The topological polar surface area (TPSA) is 54.7 Å². The molecule has 0 saturated heterocycles. The number of nitrogen functional groups attached to an aromatic ring is 1. The van der Waals surface area contributed by atoms with Crippen molar-refractivity contribution in [1.29, 1.82) is 0 Å². The van der Waals surface area contributed by atoms with Gasteiger partial charge in [0, 0.05) is 18.2 Å². The smallest absolute Gasteiger partial charge is 0.139 e. The van der Waals surface area contributed by atoms with Crippen molar-refractivity contribution in [1.82, 2.24) is 9.97 Å². The predicted molar refractivity (Wildman–Crippen MR) is 77.4 cm³/mol. The van der Waals surface area contributed by atoms with Crippen LogP contribution in [0.25, 0.3) is 11.0 Å². The summed E-state index contributed by atoms with van der Waals surface area (Å²) >= 11 is 3.16. The van der Waals surface area contributed by atoms with Crippen molar-refractivity contribution >= 4 is 32.7 Å². The number of aromatic nitrogens is 2. The maximum absolute atomic E-state index is 13.4. The Kier molecular flexibility index (Phi) is 2.98. The fourth-order valence-corrected chi connectivity index (χ4v) is 2.37. The lowest BCUT2D eigenvalue weighted by Crippen LogP contribution is -1.92. The third-order valence-corrected chi connectivity index (χ3v) is 3.50. The molecule has 1 aromatic heterocycles. The minimum absolute atomic E-state index is 0.299. The summed E-state index contributed by atoms with van der Waals surface area (Å²) in [4.78, 5) is 7.57. The van der Waals surface area contributed by atoms with Crippen molar-refractivity contribution in [3.63, 3.8) is 0 Å². The maximum Gasteiger partial charge on any atom is 0.139 e. The van der Waals surface area contributed by atoms with Gasteiger partial charge >= 0.3 is 0 Å². The van der Waals surface area contributed by atoms with Crippen LogP contribution in [0.5, 0.6) is 0 Å². The van der Waals surface area contributed by atoms with Gasteiger partial charge in [0.25, 0.3) is 0 Å². The molecule has 0 aliphatic heterocycles. The summed E-state index contributed by atoms with van der Waals surface area (Å²) in [6, 6.07) is 10.8. The molecule has 0 atom stereocenters. The molecule has 0 saturated carbocycles. The number of hydrogen-bond acceptors (Lipinski definition) is 2. The molecular weight excluding hydrogens is 309 g/mol. The van der Waals surface area contributed by atoms with Gasteiger partial charge < -0.3 is 10.7 Å². The van der Waals surface area contributed by atoms with Crippen LogP contribution in [-0.4, -0.2) is 9.97 Å². The molecule has 0 aliphatic carbocycles. The fraction of sp³-hybridized carbons (Fsp3) is 0.0714. The quantitative estimate of drug-likeness (QED) is 0.708. The summed E-state index contributed by atoms with van der Waals surface area (Å²) in [6.07, 6.45) is 0.638. The number of H-pyrrole nitrogens is 1. The van der Waals surface area contributed by atoms with Crippen LogP contribution in [0.1, 0.15) is 11.4 Å². The van der Waals surface area contributed by atoms with E-state index in [2.05, 4.69) is 25.9 Å². The molecule has 0 aliphatic rings. The van der Waals surface area contributed by atoms with Gasteiger partial charge in [-0.2, -0.15) is 0 Å². The Labute approximate surface area is 117 Å². The van der Waals surface area contributed by atoms with Gasteiger partial charge in [-0.3, -0.25) is 0 Å². The van der Waals surface area contributed by atoms with E-state index in [-0.39, 0.29) is 5.82 Å². The zero-order valence-electron chi connectivity index (χ0n) is 9.95. The lowest BCUT2D eigenvalue weighted by molar-refractivity contribution is 0.623. The number of fused-ring (bicyclic) bond motifs is 1. The molecule has 3 aromatic rings. The van der Waals surface area contributed by atoms with Gasteiger partial charge in [-0.1, -0.05) is 12.1 Å². The molecule has 0 fully saturated rings. The highest BCUT2D eigenvalue weighted by atomic mass is 79.9. The normalized spacial score (nSPS) is 11.1. The molecule has 0 amide bonds. The number of nitrogens with zero attached hydrogens (tertiary/aromatic N) is 1. The van der Waals surface area contributed by atoms with E-state index in [4.69, 9.17) is 5.73 Å². The van der Waals surface area contributed by atoms with Gasteiger partial charge in [0.1, 0.15) is 11.6 Å². The van der Waals surface area contributed by atoms with Crippen LogP contribution in [0.3, 0.4) is 0 Å². The Morgan fingerprint density at radius 1 is 1.26 bits per heavy atom. The van der Waals surface area contributed by atoms with Gasteiger partial charge in [-0.25, -0.2) is 9.37 Å². The molecule has 0 spiro atoms. The van der Waals surface area contributed by atoms with Crippen LogP contribution in [0.15, 0.2) is 40.9 Å². The number of anilines is 1. The second kappa shape index (κ2) is 4.66. The average molecular weight is 320 g/mol. The molecule has 1 heterocycles. The first-order valence-electron chi connectivity index (χ1n) is 5.80. The largest absolute Gasteiger partial charge is 0.399 e. The lowest BCUT2D eigenvalue weighted by atomic mass is 10.1. The zero-order chi connectivity index (χ0) is 13.4. The first-order chi connectivity index (χ1) is 9.11. The number of nitrogens with one attached hydrogen (secondary N) is 1. The fourth-order valence-electron chi connectivity index (χ4n) is 2.04. The Hall–Kier alpha value is -1.88. The van der Waals surface area contributed by atoms with Crippen molar-refractivity contribution < 1.29 is 4.39 Å². The van der Waals surface area contributed by atoms with Gasteiger partial charge in [-0.05, 0) is 39.7 Å². The van der Waals surface area contributed by atoms with E-state index in [9.17, 15) is 4.39 Å². The molecule has 3 N–H and O–H groups in total. The summed E-state index contributed by atoms with van der Waals surface area (Å²) in [6.45, 7) is 0. The van der Waals surface area contributed by atoms with Gasteiger partial charge in [0.05, 0.1) is 15.5 Å². The molecule has 2 aromatic carbocycles. The predicted octanol–water partition coefficient (Wildman–Crippen LogP) is 3.64. The van der Waals surface area contributed by atoms with Crippen LogP contribution in [0, 0.1) is 5.82 Å². The molecule has 5 heteroatoms. The number of imidazole rings is 1. The lowest BCUT2D eigenvalue weighted by Gasteiger charge is -1.99. The Morgan fingerprint density at radius 2 is 2.11 bits per heavy atom. The maximum atomic E-state index is 13.4.